The molecule has 3 rings (SSSR count). The van der Waals surface area contributed by atoms with Crippen LogP contribution < -0.4 is 5.32 Å². The molecule has 1 spiro atoms. The fraction of sp³-hybridized carbons (Fsp3) is 0.562. The van der Waals surface area contributed by atoms with Gasteiger partial charge in [-0.2, -0.15) is 0 Å². The number of benzene rings is 1. The number of aryl methyl sites for hydroxylation is 1. The van der Waals surface area contributed by atoms with Gasteiger partial charge in [-0.05, 0) is 37.3 Å². The van der Waals surface area contributed by atoms with Crippen molar-refractivity contribution in [1.29, 1.82) is 0 Å². The highest BCUT2D eigenvalue weighted by Gasteiger charge is 2.48. The minimum atomic E-state index is -0.0214. The van der Waals surface area contributed by atoms with Gasteiger partial charge in [0.2, 0.25) is 0 Å². The molecule has 1 N–H and O–H groups in total. The maximum atomic E-state index is 12.2. The molecule has 1 saturated heterocycles. The number of fused-ring (bicyclic) bond motifs is 1. The molecule has 3 heteroatoms. The Morgan fingerprint density at radius 1 is 1.42 bits per heavy atom. The second kappa shape index (κ2) is 4.97. The first kappa shape index (κ1) is 12.7. The van der Waals surface area contributed by atoms with Crippen LogP contribution in [0.5, 0.6) is 0 Å². The van der Waals surface area contributed by atoms with Crippen LogP contribution in [-0.4, -0.2) is 25.7 Å². The third-order valence-corrected chi connectivity index (χ3v) is 4.69. The van der Waals surface area contributed by atoms with Crippen LogP contribution in [0.4, 0.5) is 0 Å². The molecular formula is C16H21NO2. The van der Waals surface area contributed by atoms with Crippen LogP contribution >= 0.6 is 0 Å². The first-order valence-corrected chi connectivity index (χ1v) is 7.19. The standard InChI is InChI=1S/C16H21NO2/c1-2-19-15(18)14-10-17-11-16(14)8-7-12-5-3-4-6-13(12)9-16/h3-6,14,17H,2,7-11H2,1H3. The summed E-state index contributed by atoms with van der Waals surface area (Å²) in [7, 11) is 0. The Morgan fingerprint density at radius 2 is 2.21 bits per heavy atom. The fourth-order valence-electron chi connectivity index (χ4n) is 3.65. The summed E-state index contributed by atoms with van der Waals surface area (Å²) in [5.41, 5.74) is 2.93. The molecule has 0 saturated carbocycles. The normalized spacial score (nSPS) is 29.2. The van der Waals surface area contributed by atoms with Gasteiger partial charge in [-0.15, -0.1) is 0 Å². The predicted molar refractivity (Wildman–Crippen MR) is 73.9 cm³/mol. The monoisotopic (exact) mass is 259 g/mol. The van der Waals surface area contributed by atoms with Crippen molar-refractivity contribution in [2.75, 3.05) is 19.7 Å². The quantitative estimate of drug-likeness (QED) is 0.825. The molecule has 0 bridgehead atoms. The molecule has 3 nitrogen and oxygen atoms in total. The van der Waals surface area contributed by atoms with E-state index in [9.17, 15) is 4.79 Å². The number of hydrogen-bond acceptors (Lipinski definition) is 3. The molecule has 1 fully saturated rings. The maximum absolute atomic E-state index is 12.2. The van der Waals surface area contributed by atoms with Crippen LogP contribution in [0.2, 0.25) is 0 Å². The third-order valence-electron chi connectivity index (χ3n) is 4.69. The van der Waals surface area contributed by atoms with Crippen LogP contribution in [0.15, 0.2) is 24.3 Å². The summed E-state index contributed by atoms with van der Waals surface area (Å²) in [5, 5.41) is 3.40. The van der Waals surface area contributed by atoms with Crippen LogP contribution in [0.3, 0.4) is 0 Å². The number of hydrogen-bond donors (Lipinski definition) is 1. The van der Waals surface area contributed by atoms with E-state index >= 15 is 0 Å². The predicted octanol–water partition coefficient (Wildman–Crippen LogP) is 1.94. The smallest absolute Gasteiger partial charge is 0.310 e. The molecule has 0 radical (unpaired) electrons. The first-order chi connectivity index (χ1) is 9.25. The van der Waals surface area contributed by atoms with E-state index in [1.807, 2.05) is 6.92 Å². The second-order valence-corrected chi connectivity index (χ2v) is 5.74. The molecule has 2 unspecified atom stereocenters. The van der Waals surface area contributed by atoms with Gasteiger partial charge in [0.15, 0.2) is 0 Å². The van der Waals surface area contributed by atoms with Gasteiger partial charge in [-0.1, -0.05) is 24.3 Å². The molecule has 2 aliphatic rings. The molecular weight excluding hydrogens is 238 g/mol. The van der Waals surface area contributed by atoms with Crippen molar-refractivity contribution in [3.63, 3.8) is 0 Å². The highest BCUT2D eigenvalue weighted by molar-refractivity contribution is 5.74. The zero-order chi connectivity index (χ0) is 13.3. The van der Waals surface area contributed by atoms with Crippen molar-refractivity contribution in [1.82, 2.24) is 5.32 Å². The lowest BCUT2D eigenvalue weighted by molar-refractivity contribution is -0.151. The Kier molecular flexibility index (Phi) is 3.31. The molecule has 1 aliphatic carbocycles. The van der Waals surface area contributed by atoms with E-state index in [1.165, 1.54) is 11.1 Å². The van der Waals surface area contributed by atoms with Gasteiger partial charge in [-0.3, -0.25) is 4.79 Å². The topological polar surface area (TPSA) is 38.3 Å². The highest BCUT2D eigenvalue weighted by Crippen LogP contribution is 2.44. The third kappa shape index (κ3) is 2.16. The lowest BCUT2D eigenvalue weighted by Crippen LogP contribution is -2.40. The van der Waals surface area contributed by atoms with E-state index in [2.05, 4.69) is 29.6 Å². The Bertz CT molecular complexity index is 485. The van der Waals surface area contributed by atoms with Gasteiger partial charge in [0.05, 0.1) is 12.5 Å². The first-order valence-electron chi connectivity index (χ1n) is 7.19. The summed E-state index contributed by atoms with van der Waals surface area (Å²) in [6.07, 6.45) is 3.16. The van der Waals surface area contributed by atoms with E-state index in [0.717, 1.165) is 32.4 Å². The lowest BCUT2D eigenvalue weighted by Gasteiger charge is -2.38. The van der Waals surface area contributed by atoms with Crippen LogP contribution in [0, 0.1) is 11.3 Å². The van der Waals surface area contributed by atoms with Crippen molar-refractivity contribution >= 4 is 5.97 Å². The van der Waals surface area contributed by atoms with Crippen LogP contribution in [0.1, 0.15) is 24.5 Å². The SMILES string of the molecule is CCOC(=O)C1CNCC12CCc1ccccc1C2. The largest absolute Gasteiger partial charge is 0.466 e. The summed E-state index contributed by atoms with van der Waals surface area (Å²) in [6.45, 7) is 4.05. The number of rotatable bonds is 2. The van der Waals surface area contributed by atoms with Gasteiger partial charge in [0, 0.05) is 18.5 Å². The number of esters is 1. The molecule has 1 heterocycles. The molecule has 1 aromatic rings. The Morgan fingerprint density at radius 3 is 3.00 bits per heavy atom. The van der Waals surface area contributed by atoms with Crippen molar-refractivity contribution in [2.24, 2.45) is 11.3 Å². The minimum Gasteiger partial charge on any atom is -0.466 e. The Hall–Kier alpha value is -1.35. The number of ether oxygens (including phenoxy) is 1. The average molecular weight is 259 g/mol. The van der Waals surface area contributed by atoms with Gasteiger partial charge in [0.25, 0.3) is 0 Å². The van der Waals surface area contributed by atoms with Gasteiger partial charge in [-0.25, -0.2) is 0 Å². The minimum absolute atomic E-state index is 0.0146. The molecule has 1 aromatic carbocycles. The van der Waals surface area contributed by atoms with Crippen molar-refractivity contribution in [3.8, 4) is 0 Å². The molecule has 19 heavy (non-hydrogen) atoms. The summed E-state index contributed by atoms with van der Waals surface area (Å²) in [6, 6.07) is 8.62. The zero-order valence-electron chi connectivity index (χ0n) is 11.4. The van der Waals surface area contributed by atoms with Gasteiger partial charge >= 0.3 is 5.97 Å². The van der Waals surface area contributed by atoms with E-state index in [4.69, 9.17) is 4.74 Å². The number of carbonyl (C=O) groups is 1. The Labute approximate surface area is 114 Å². The fourth-order valence-corrected chi connectivity index (χ4v) is 3.65. The number of nitrogens with one attached hydrogen (secondary N) is 1. The second-order valence-electron chi connectivity index (χ2n) is 5.74. The van der Waals surface area contributed by atoms with Gasteiger partial charge < -0.3 is 10.1 Å². The molecule has 0 amide bonds. The van der Waals surface area contributed by atoms with Crippen LogP contribution in [-0.2, 0) is 22.4 Å². The van der Waals surface area contributed by atoms with Crippen LogP contribution in [0.25, 0.3) is 0 Å². The summed E-state index contributed by atoms with van der Waals surface area (Å²) < 4.78 is 5.26. The van der Waals surface area contributed by atoms with E-state index in [-0.39, 0.29) is 17.3 Å². The summed E-state index contributed by atoms with van der Waals surface area (Å²) in [5.74, 6) is -0.00677. The van der Waals surface area contributed by atoms with Crippen molar-refractivity contribution < 1.29 is 9.53 Å². The number of carbonyl (C=O) groups excluding carboxylic acids is 1. The van der Waals surface area contributed by atoms with Crippen molar-refractivity contribution in [2.45, 2.75) is 26.2 Å². The summed E-state index contributed by atoms with van der Waals surface area (Å²) >= 11 is 0. The Balaban J connectivity index is 1.86. The molecule has 102 valence electrons. The molecule has 2 atom stereocenters. The summed E-state index contributed by atoms with van der Waals surface area (Å²) in [4.78, 5) is 12.2. The molecule has 1 aliphatic heterocycles. The highest BCUT2D eigenvalue weighted by atomic mass is 16.5. The van der Waals surface area contributed by atoms with Crippen molar-refractivity contribution in [3.05, 3.63) is 35.4 Å². The van der Waals surface area contributed by atoms with E-state index in [0.29, 0.717) is 6.61 Å². The maximum Gasteiger partial charge on any atom is 0.310 e. The van der Waals surface area contributed by atoms with Gasteiger partial charge in [0.1, 0.15) is 0 Å². The lowest BCUT2D eigenvalue weighted by atomic mass is 9.66. The van der Waals surface area contributed by atoms with E-state index < -0.39 is 0 Å². The van der Waals surface area contributed by atoms with E-state index in [1.54, 1.807) is 0 Å². The average Bonchev–Trinajstić information content (AvgIpc) is 2.82. The zero-order valence-corrected chi connectivity index (χ0v) is 11.4. The molecule has 0 aromatic heterocycles.